The molecule has 96 valence electrons. The van der Waals surface area contributed by atoms with E-state index in [2.05, 4.69) is 10.1 Å². The van der Waals surface area contributed by atoms with Gasteiger partial charge in [0.1, 0.15) is 5.75 Å². The fraction of sp³-hybridized carbons (Fsp3) is 0.385. The van der Waals surface area contributed by atoms with Crippen molar-refractivity contribution >= 4 is 0 Å². The summed E-state index contributed by atoms with van der Waals surface area (Å²) in [6, 6.07) is 5.28. The van der Waals surface area contributed by atoms with Gasteiger partial charge in [-0.05, 0) is 31.5 Å². The van der Waals surface area contributed by atoms with Crippen LogP contribution in [0, 0.1) is 6.92 Å². The molecule has 0 bridgehead atoms. The van der Waals surface area contributed by atoms with Crippen molar-refractivity contribution in [3.8, 4) is 17.2 Å². The lowest BCUT2D eigenvalue weighted by atomic mass is 10.1. The molecule has 0 spiro atoms. The Morgan fingerprint density at radius 1 is 1.39 bits per heavy atom. The van der Waals surface area contributed by atoms with Crippen molar-refractivity contribution in [1.29, 1.82) is 0 Å². The van der Waals surface area contributed by atoms with Crippen molar-refractivity contribution in [2.24, 2.45) is 0 Å². The zero-order valence-corrected chi connectivity index (χ0v) is 10.5. The molecular formula is C13H16N2O3. The van der Waals surface area contributed by atoms with E-state index in [1.807, 2.05) is 26.0 Å². The van der Waals surface area contributed by atoms with E-state index >= 15 is 0 Å². The molecule has 1 N–H and O–H groups in total. The molecular weight excluding hydrogens is 232 g/mol. The number of phenolic OH excluding ortho intramolecular Hbond substituents is 1. The highest BCUT2D eigenvalue weighted by molar-refractivity contribution is 5.57. The van der Waals surface area contributed by atoms with Crippen LogP contribution >= 0.6 is 0 Å². The number of nitrogens with zero attached hydrogens (tertiary/aromatic N) is 2. The fourth-order valence-corrected chi connectivity index (χ4v) is 1.52. The van der Waals surface area contributed by atoms with Gasteiger partial charge in [0.2, 0.25) is 0 Å². The first-order valence-corrected chi connectivity index (χ1v) is 5.91. The first-order chi connectivity index (χ1) is 8.70. The molecule has 0 aliphatic carbocycles. The van der Waals surface area contributed by atoms with Crippen molar-refractivity contribution in [2.75, 3.05) is 13.2 Å². The number of aromatic hydroxyl groups is 1. The third-order valence-corrected chi connectivity index (χ3v) is 2.60. The summed E-state index contributed by atoms with van der Waals surface area (Å²) in [5.74, 6) is 1.25. The van der Waals surface area contributed by atoms with E-state index < -0.39 is 0 Å². The van der Waals surface area contributed by atoms with Crippen molar-refractivity contribution in [3.05, 3.63) is 29.6 Å². The van der Waals surface area contributed by atoms with Gasteiger partial charge < -0.3 is 14.4 Å². The normalized spacial score (nSPS) is 10.8. The maximum atomic E-state index is 9.63. The second-order valence-corrected chi connectivity index (χ2v) is 3.96. The summed E-state index contributed by atoms with van der Waals surface area (Å²) in [5, 5.41) is 13.5. The highest BCUT2D eigenvalue weighted by Gasteiger charge is 2.10. The summed E-state index contributed by atoms with van der Waals surface area (Å²) in [6.45, 7) is 5.03. The SMILES string of the molecule is CCOCCc1noc(-c2ccc(C)c(O)c2)n1. The number of ether oxygens (including phenoxy) is 1. The number of hydrogen-bond acceptors (Lipinski definition) is 5. The molecule has 0 aliphatic rings. The molecule has 0 amide bonds. The van der Waals surface area contributed by atoms with Crippen LogP contribution in [0.25, 0.3) is 11.5 Å². The van der Waals surface area contributed by atoms with Crippen LogP contribution in [0.5, 0.6) is 5.75 Å². The summed E-state index contributed by atoms with van der Waals surface area (Å²) < 4.78 is 10.4. The van der Waals surface area contributed by atoms with Crippen LogP contribution in [-0.4, -0.2) is 28.5 Å². The predicted molar refractivity (Wildman–Crippen MR) is 66.3 cm³/mol. The molecule has 0 radical (unpaired) electrons. The van der Waals surface area contributed by atoms with Crippen molar-refractivity contribution < 1.29 is 14.4 Å². The average Bonchev–Trinajstić information content (AvgIpc) is 2.82. The molecule has 5 heteroatoms. The number of phenols is 1. The summed E-state index contributed by atoms with van der Waals surface area (Å²) in [5.41, 5.74) is 1.53. The van der Waals surface area contributed by atoms with Crippen molar-refractivity contribution in [3.63, 3.8) is 0 Å². The summed E-state index contributed by atoms with van der Waals surface area (Å²) in [7, 11) is 0. The molecule has 0 fully saturated rings. The minimum atomic E-state index is 0.224. The number of benzene rings is 1. The zero-order chi connectivity index (χ0) is 13.0. The van der Waals surface area contributed by atoms with Gasteiger partial charge in [-0.2, -0.15) is 4.98 Å². The van der Waals surface area contributed by atoms with Gasteiger partial charge >= 0.3 is 0 Å². The third kappa shape index (κ3) is 2.87. The number of hydrogen-bond donors (Lipinski definition) is 1. The van der Waals surface area contributed by atoms with E-state index in [1.54, 1.807) is 6.07 Å². The average molecular weight is 248 g/mol. The minimum Gasteiger partial charge on any atom is -0.508 e. The fourth-order valence-electron chi connectivity index (χ4n) is 1.52. The second kappa shape index (κ2) is 5.64. The molecule has 5 nitrogen and oxygen atoms in total. The Balaban J connectivity index is 2.11. The molecule has 2 rings (SSSR count). The molecule has 18 heavy (non-hydrogen) atoms. The standard InChI is InChI=1S/C13H16N2O3/c1-3-17-7-6-12-14-13(18-15-12)10-5-4-9(2)11(16)8-10/h4-5,8,16H,3,6-7H2,1-2H3. The van der Waals surface area contributed by atoms with Crippen LogP contribution in [0.4, 0.5) is 0 Å². The Kier molecular flexibility index (Phi) is 3.94. The van der Waals surface area contributed by atoms with Gasteiger partial charge in [-0.1, -0.05) is 11.2 Å². The highest BCUT2D eigenvalue weighted by Crippen LogP contribution is 2.24. The van der Waals surface area contributed by atoms with Crippen LogP contribution in [0.1, 0.15) is 18.3 Å². The van der Waals surface area contributed by atoms with Gasteiger partial charge in [-0.25, -0.2) is 0 Å². The molecule has 0 atom stereocenters. The Hall–Kier alpha value is -1.88. The van der Waals surface area contributed by atoms with Crippen LogP contribution in [-0.2, 0) is 11.2 Å². The first kappa shape index (κ1) is 12.6. The highest BCUT2D eigenvalue weighted by atomic mass is 16.5. The number of aryl methyl sites for hydroxylation is 1. The van der Waals surface area contributed by atoms with Gasteiger partial charge in [0.05, 0.1) is 6.61 Å². The Labute approximate surface area is 105 Å². The summed E-state index contributed by atoms with van der Waals surface area (Å²) in [6.07, 6.45) is 0.620. The monoisotopic (exact) mass is 248 g/mol. The summed E-state index contributed by atoms with van der Waals surface area (Å²) in [4.78, 5) is 4.25. The van der Waals surface area contributed by atoms with E-state index in [1.165, 1.54) is 0 Å². The number of rotatable bonds is 5. The molecule has 0 saturated carbocycles. The predicted octanol–water partition coefficient (Wildman–Crippen LogP) is 2.33. The van der Waals surface area contributed by atoms with Gasteiger partial charge in [-0.3, -0.25) is 0 Å². The van der Waals surface area contributed by atoms with Crippen LogP contribution in [0.15, 0.2) is 22.7 Å². The molecule has 0 unspecified atom stereocenters. The van der Waals surface area contributed by atoms with Gasteiger partial charge in [0, 0.05) is 18.6 Å². The summed E-state index contributed by atoms with van der Waals surface area (Å²) >= 11 is 0. The van der Waals surface area contributed by atoms with Gasteiger partial charge in [0.25, 0.3) is 5.89 Å². The van der Waals surface area contributed by atoms with Crippen LogP contribution < -0.4 is 0 Å². The van der Waals surface area contributed by atoms with Crippen LogP contribution in [0.3, 0.4) is 0 Å². The van der Waals surface area contributed by atoms with E-state index in [0.29, 0.717) is 36.9 Å². The van der Waals surface area contributed by atoms with Gasteiger partial charge in [-0.15, -0.1) is 0 Å². The van der Waals surface area contributed by atoms with Crippen LogP contribution in [0.2, 0.25) is 0 Å². The van der Waals surface area contributed by atoms with Crippen molar-refractivity contribution in [2.45, 2.75) is 20.3 Å². The molecule has 1 aromatic heterocycles. The van der Waals surface area contributed by atoms with Crippen molar-refractivity contribution in [1.82, 2.24) is 10.1 Å². The number of aromatic nitrogens is 2. The lowest BCUT2D eigenvalue weighted by Crippen LogP contribution is -1.99. The zero-order valence-electron chi connectivity index (χ0n) is 10.5. The van der Waals surface area contributed by atoms with E-state index in [-0.39, 0.29) is 5.75 Å². The third-order valence-electron chi connectivity index (χ3n) is 2.60. The van der Waals surface area contributed by atoms with Gasteiger partial charge in [0.15, 0.2) is 5.82 Å². The quantitative estimate of drug-likeness (QED) is 0.822. The molecule has 0 saturated heterocycles. The molecule has 2 aromatic rings. The Bertz CT molecular complexity index is 523. The second-order valence-electron chi connectivity index (χ2n) is 3.96. The lowest BCUT2D eigenvalue weighted by Gasteiger charge is -1.99. The minimum absolute atomic E-state index is 0.224. The molecule has 1 aromatic carbocycles. The van der Waals surface area contributed by atoms with E-state index in [9.17, 15) is 5.11 Å². The Morgan fingerprint density at radius 3 is 2.94 bits per heavy atom. The smallest absolute Gasteiger partial charge is 0.258 e. The first-order valence-electron chi connectivity index (χ1n) is 5.91. The largest absolute Gasteiger partial charge is 0.508 e. The molecule has 0 aliphatic heterocycles. The Morgan fingerprint density at radius 2 is 2.22 bits per heavy atom. The van der Waals surface area contributed by atoms with E-state index in [0.717, 1.165) is 5.56 Å². The maximum absolute atomic E-state index is 9.63. The lowest BCUT2D eigenvalue weighted by molar-refractivity contribution is 0.149. The van der Waals surface area contributed by atoms with E-state index in [4.69, 9.17) is 9.26 Å². The maximum Gasteiger partial charge on any atom is 0.258 e. The topological polar surface area (TPSA) is 68.4 Å². The molecule has 1 heterocycles.